The number of fused-ring (bicyclic) bond motifs is 1. The van der Waals surface area contributed by atoms with E-state index in [1.807, 2.05) is 0 Å². The van der Waals surface area contributed by atoms with Crippen LogP contribution in [0.4, 0.5) is 5.69 Å². The Morgan fingerprint density at radius 2 is 1.75 bits per heavy atom. The molecule has 2 aromatic rings. The minimum absolute atomic E-state index is 0.733. The van der Waals surface area contributed by atoms with Gasteiger partial charge < -0.3 is 5.73 Å². The van der Waals surface area contributed by atoms with E-state index in [1.165, 1.54) is 22.8 Å². The fourth-order valence-corrected chi connectivity index (χ4v) is 2.56. The van der Waals surface area contributed by atoms with Gasteiger partial charge in [0.1, 0.15) is 0 Å². The van der Waals surface area contributed by atoms with Crippen LogP contribution in [-0.4, -0.2) is 18.0 Å². The minimum Gasteiger partial charge on any atom is -0.398 e. The zero-order valence-electron chi connectivity index (χ0n) is 12.9. The van der Waals surface area contributed by atoms with Gasteiger partial charge in [-0.3, -0.25) is 4.90 Å². The summed E-state index contributed by atoms with van der Waals surface area (Å²) in [5.41, 5.74) is 8.38. The molecule has 0 radical (unpaired) electrons. The molecule has 0 fully saturated rings. The van der Waals surface area contributed by atoms with Crippen LogP contribution in [0.15, 0.2) is 36.4 Å². The number of hydrogen-bond acceptors (Lipinski definition) is 2. The van der Waals surface area contributed by atoms with Crippen LogP contribution in [0.3, 0.4) is 0 Å². The summed E-state index contributed by atoms with van der Waals surface area (Å²) >= 11 is 0. The van der Waals surface area contributed by atoms with E-state index in [0.29, 0.717) is 0 Å². The summed E-state index contributed by atoms with van der Waals surface area (Å²) in [4.78, 5) is 2.48. The molecule has 0 aliphatic carbocycles. The molecule has 1 atom stereocenters. The molecule has 2 nitrogen and oxygen atoms in total. The maximum atomic E-state index is 6.23. The Kier molecular flexibility index (Phi) is 5.02. The van der Waals surface area contributed by atoms with Gasteiger partial charge in [0.15, 0.2) is 0 Å². The van der Waals surface area contributed by atoms with Gasteiger partial charge in [0.05, 0.1) is 0 Å². The lowest BCUT2D eigenvalue weighted by atomic mass is 10.0. The highest BCUT2D eigenvalue weighted by Gasteiger charge is 2.10. The molecule has 0 aliphatic rings. The highest BCUT2D eigenvalue weighted by atomic mass is 15.1. The smallest absolute Gasteiger partial charge is 0.0366 e. The van der Waals surface area contributed by atoms with Crippen LogP contribution in [0.5, 0.6) is 0 Å². The molecular formula is C18H26N2. The molecule has 1 unspecified atom stereocenters. The van der Waals surface area contributed by atoms with E-state index in [9.17, 15) is 0 Å². The van der Waals surface area contributed by atoms with E-state index in [-0.39, 0.29) is 0 Å². The molecule has 0 bridgehead atoms. The van der Waals surface area contributed by atoms with Crippen LogP contribution in [0.1, 0.15) is 32.8 Å². The zero-order chi connectivity index (χ0) is 14.5. The number of nitrogens with two attached hydrogens (primary N) is 1. The molecule has 0 heterocycles. The van der Waals surface area contributed by atoms with Crippen LogP contribution in [-0.2, 0) is 6.54 Å². The van der Waals surface area contributed by atoms with Crippen LogP contribution < -0.4 is 5.73 Å². The van der Waals surface area contributed by atoms with Crippen molar-refractivity contribution in [1.82, 2.24) is 4.90 Å². The molecule has 0 spiro atoms. The first-order chi connectivity index (χ1) is 9.63. The predicted octanol–water partition coefficient (Wildman–Crippen LogP) is 4.29. The average molecular weight is 270 g/mol. The van der Waals surface area contributed by atoms with Crippen molar-refractivity contribution >= 4 is 16.5 Å². The lowest BCUT2D eigenvalue weighted by Gasteiger charge is -2.24. The third-order valence-corrected chi connectivity index (χ3v) is 4.12. The number of hydrogen-bond donors (Lipinski definition) is 1. The Bertz CT molecular complexity index is 562. The van der Waals surface area contributed by atoms with E-state index < -0.39 is 0 Å². The van der Waals surface area contributed by atoms with Crippen molar-refractivity contribution in [3.8, 4) is 0 Å². The second-order valence-corrected chi connectivity index (χ2v) is 5.74. The SMILES string of the molecule is CCC(C)CN(CC)Cc1cc2ccccc2cc1N. The van der Waals surface area contributed by atoms with Crippen LogP contribution in [0, 0.1) is 5.92 Å². The first-order valence-corrected chi connectivity index (χ1v) is 7.63. The highest BCUT2D eigenvalue weighted by Crippen LogP contribution is 2.23. The summed E-state index contributed by atoms with van der Waals surface area (Å²) in [6, 6.07) is 12.8. The van der Waals surface area contributed by atoms with Gasteiger partial charge in [-0.15, -0.1) is 0 Å². The summed E-state index contributed by atoms with van der Waals surface area (Å²) in [5.74, 6) is 0.733. The highest BCUT2D eigenvalue weighted by molar-refractivity contribution is 5.86. The van der Waals surface area contributed by atoms with Gasteiger partial charge in [-0.2, -0.15) is 0 Å². The Hall–Kier alpha value is -1.54. The van der Waals surface area contributed by atoms with Crippen molar-refractivity contribution in [2.45, 2.75) is 33.7 Å². The Labute approximate surface area is 122 Å². The van der Waals surface area contributed by atoms with Crippen molar-refractivity contribution in [3.63, 3.8) is 0 Å². The van der Waals surface area contributed by atoms with Crippen LogP contribution in [0.2, 0.25) is 0 Å². The predicted molar refractivity (Wildman–Crippen MR) is 88.8 cm³/mol. The van der Waals surface area contributed by atoms with Crippen LogP contribution in [0.25, 0.3) is 10.8 Å². The topological polar surface area (TPSA) is 29.3 Å². The quantitative estimate of drug-likeness (QED) is 0.793. The van der Waals surface area contributed by atoms with Crippen molar-refractivity contribution in [2.24, 2.45) is 5.92 Å². The molecular weight excluding hydrogens is 244 g/mol. The summed E-state index contributed by atoms with van der Waals surface area (Å²) in [6.45, 7) is 9.93. The Morgan fingerprint density at radius 1 is 1.10 bits per heavy atom. The number of nitrogen functional groups attached to an aromatic ring is 1. The van der Waals surface area contributed by atoms with Gasteiger partial charge >= 0.3 is 0 Å². The second kappa shape index (κ2) is 6.76. The van der Waals surface area contributed by atoms with Gasteiger partial charge in [0.2, 0.25) is 0 Å². The van der Waals surface area contributed by atoms with E-state index >= 15 is 0 Å². The van der Waals surface area contributed by atoms with Crippen molar-refractivity contribution in [3.05, 3.63) is 42.0 Å². The maximum absolute atomic E-state index is 6.23. The molecule has 2 aromatic carbocycles. The Morgan fingerprint density at radius 3 is 2.35 bits per heavy atom. The minimum atomic E-state index is 0.733. The summed E-state index contributed by atoms with van der Waals surface area (Å²) < 4.78 is 0. The molecule has 2 heteroatoms. The molecule has 0 aliphatic heterocycles. The van der Waals surface area contributed by atoms with Gasteiger partial charge in [-0.25, -0.2) is 0 Å². The third kappa shape index (κ3) is 3.51. The summed E-state index contributed by atoms with van der Waals surface area (Å²) in [6.07, 6.45) is 1.23. The van der Waals surface area contributed by atoms with Crippen molar-refractivity contribution in [1.29, 1.82) is 0 Å². The number of rotatable bonds is 6. The molecule has 108 valence electrons. The molecule has 2 N–H and O–H groups in total. The lowest BCUT2D eigenvalue weighted by molar-refractivity contribution is 0.238. The molecule has 2 rings (SSSR count). The van der Waals surface area contributed by atoms with E-state index in [0.717, 1.165) is 31.2 Å². The lowest BCUT2D eigenvalue weighted by Crippen LogP contribution is -2.28. The summed E-state index contributed by atoms with van der Waals surface area (Å²) in [7, 11) is 0. The first kappa shape index (κ1) is 14.9. The van der Waals surface area contributed by atoms with E-state index in [1.54, 1.807) is 0 Å². The number of anilines is 1. The molecule has 20 heavy (non-hydrogen) atoms. The van der Waals surface area contributed by atoms with Gasteiger partial charge in [-0.1, -0.05) is 51.5 Å². The Balaban J connectivity index is 2.21. The standard InChI is InChI=1S/C18H26N2/c1-4-14(3)12-20(5-2)13-17-10-15-8-6-7-9-16(15)11-18(17)19/h6-11,14H,4-5,12-13,19H2,1-3H3. The monoisotopic (exact) mass is 270 g/mol. The second-order valence-electron chi connectivity index (χ2n) is 5.74. The molecule has 0 saturated carbocycles. The molecule has 0 amide bonds. The largest absolute Gasteiger partial charge is 0.398 e. The fraction of sp³-hybridized carbons (Fsp3) is 0.444. The van der Waals surface area contributed by atoms with Gasteiger partial charge in [-0.05, 0) is 40.9 Å². The number of nitrogens with zero attached hydrogens (tertiary/aromatic N) is 1. The molecule has 0 saturated heterocycles. The van der Waals surface area contributed by atoms with E-state index in [4.69, 9.17) is 5.73 Å². The van der Waals surface area contributed by atoms with Gasteiger partial charge in [0.25, 0.3) is 0 Å². The van der Waals surface area contributed by atoms with Crippen LogP contribution >= 0.6 is 0 Å². The van der Waals surface area contributed by atoms with Crippen molar-refractivity contribution < 1.29 is 0 Å². The zero-order valence-corrected chi connectivity index (χ0v) is 12.9. The van der Waals surface area contributed by atoms with Crippen molar-refractivity contribution in [2.75, 3.05) is 18.8 Å². The maximum Gasteiger partial charge on any atom is 0.0366 e. The fourth-order valence-electron chi connectivity index (χ4n) is 2.56. The normalized spacial score (nSPS) is 13.0. The molecule has 0 aromatic heterocycles. The average Bonchev–Trinajstić information content (AvgIpc) is 2.46. The first-order valence-electron chi connectivity index (χ1n) is 7.63. The number of benzene rings is 2. The third-order valence-electron chi connectivity index (χ3n) is 4.12. The van der Waals surface area contributed by atoms with Gasteiger partial charge in [0, 0.05) is 18.8 Å². The summed E-state index contributed by atoms with van der Waals surface area (Å²) in [5, 5.41) is 2.50. The van der Waals surface area contributed by atoms with E-state index in [2.05, 4.69) is 62.1 Å².